The van der Waals surface area contributed by atoms with E-state index < -0.39 is 6.10 Å². The summed E-state index contributed by atoms with van der Waals surface area (Å²) in [6.45, 7) is 14.8. The molecule has 2 rings (SSSR count). The Morgan fingerprint density at radius 1 is 1.07 bits per heavy atom. The molecule has 0 bridgehead atoms. The van der Waals surface area contributed by atoms with Gasteiger partial charge in [0.2, 0.25) is 0 Å². The molecule has 0 aliphatic heterocycles. The van der Waals surface area contributed by atoms with Gasteiger partial charge in [0.1, 0.15) is 5.75 Å². The molecule has 0 unspecified atom stereocenters. The van der Waals surface area contributed by atoms with Gasteiger partial charge in [-0.2, -0.15) is 0 Å². The van der Waals surface area contributed by atoms with Crippen molar-refractivity contribution in [1.29, 1.82) is 0 Å². The van der Waals surface area contributed by atoms with Gasteiger partial charge in [0.15, 0.2) is 6.10 Å². The summed E-state index contributed by atoms with van der Waals surface area (Å²) in [4.78, 5) is 12.9. The Kier molecular flexibility index (Phi) is 6.69. The van der Waals surface area contributed by atoms with Gasteiger partial charge in [0, 0.05) is 5.69 Å². The molecule has 0 saturated heterocycles. The van der Waals surface area contributed by atoms with Crippen LogP contribution in [0, 0.1) is 6.92 Å². The van der Waals surface area contributed by atoms with Crippen molar-refractivity contribution in [2.24, 2.45) is 0 Å². The first-order chi connectivity index (χ1) is 12.6. The van der Waals surface area contributed by atoms with Gasteiger partial charge < -0.3 is 10.1 Å². The van der Waals surface area contributed by atoms with Crippen LogP contribution in [0.2, 0.25) is 0 Å². The molecule has 1 amide bonds. The molecule has 0 radical (unpaired) electrons. The lowest BCUT2D eigenvalue weighted by atomic mass is 9.87. The van der Waals surface area contributed by atoms with Crippen LogP contribution in [0.4, 0.5) is 5.69 Å². The Morgan fingerprint density at radius 3 is 2.22 bits per heavy atom. The maximum Gasteiger partial charge on any atom is 0.265 e. The summed E-state index contributed by atoms with van der Waals surface area (Å²) in [7, 11) is 0. The van der Waals surface area contributed by atoms with E-state index >= 15 is 0 Å². The molecule has 0 aromatic heterocycles. The maximum absolute atomic E-state index is 12.9. The standard InChI is InChI=1S/C24H33NO2/c1-8-21(27-19-14-12-18(13-15-19)24(5,6)7)23(26)25-22-17(4)10-9-11-20(22)16(2)3/h9-16,21H,8H2,1-7H3,(H,25,26)/t21-/m1/s1. The molecule has 146 valence electrons. The average molecular weight is 368 g/mol. The van der Waals surface area contributed by atoms with Crippen molar-refractivity contribution in [2.75, 3.05) is 5.32 Å². The zero-order valence-corrected chi connectivity index (χ0v) is 17.7. The minimum atomic E-state index is -0.523. The van der Waals surface area contributed by atoms with Crippen molar-refractivity contribution in [3.63, 3.8) is 0 Å². The largest absolute Gasteiger partial charge is 0.481 e. The third-order valence-corrected chi connectivity index (χ3v) is 4.84. The number of anilines is 1. The summed E-state index contributed by atoms with van der Waals surface area (Å²) in [5.41, 5.74) is 4.46. The number of ether oxygens (including phenoxy) is 1. The number of hydrogen-bond donors (Lipinski definition) is 1. The Balaban J connectivity index is 2.15. The highest BCUT2D eigenvalue weighted by Crippen LogP contribution is 2.28. The van der Waals surface area contributed by atoms with E-state index in [1.165, 1.54) is 5.56 Å². The van der Waals surface area contributed by atoms with Crippen LogP contribution >= 0.6 is 0 Å². The van der Waals surface area contributed by atoms with Gasteiger partial charge in [0.05, 0.1) is 0 Å². The number of carbonyl (C=O) groups is 1. The molecule has 3 nitrogen and oxygen atoms in total. The fourth-order valence-electron chi connectivity index (χ4n) is 3.07. The number of rotatable bonds is 6. The van der Waals surface area contributed by atoms with Crippen LogP contribution in [0.1, 0.15) is 70.6 Å². The van der Waals surface area contributed by atoms with Crippen LogP contribution in [-0.2, 0) is 10.2 Å². The van der Waals surface area contributed by atoms with E-state index in [2.05, 4.69) is 58.1 Å². The molecule has 2 aromatic rings. The molecule has 0 aliphatic rings. The maximum atomic E-state index is 12.9. The second-order valence-corrected chi connectivity index (χ2v) is 8.47. The number of amides is 1. The minimum absolute atomic E-state index is 0.0954. The van der Waals surface area contributed by atoms with Crippen molar-refractivity contribution in [2.45, 2.75) is 72.3 Å². The smallest absolute Gasteiger partial charge is 0.265 e. The molecule has 0 spiro atoms. The van der Waals surface area contributed by atoms with E-state index in [0.29, 0.717) is 12.3 Å². The highest BCUT2D eigenvalue weighted by Gasteiger charge is 2.21. The summed E-state index contributed by atoms with van der Waals surface area (Å²) in [6, 6.07) is 14.2. The lowest BCUT2D eigenvalue weighted by molar-refractivity contribution is -0.122. The summed E-state index contributed by atoms with van der Waals surface area (Å²) in [5.74, 6) is 0.957. The topological polar surface area (TPSA) is 38.3 Å². The number of nitrogens with one attached hydrogen (secondary N) is 1. The van der Waals surface area contributed by atoms with Crippen molar-refractivity contribution < 1.29 is 9.53 Å². The zero-order valence-electron chi connectivity index (χ0n) is 17.7. The second kappa shape index (κ2) is 8.60. The fraction of sp³-hybridized carbons (Fsp3) is 0.458. The van der Waals surface area contributed by atoms with E-state index in [4.69, 9.17) is 4.74 Å². The molecule has 0 aliphatic carbocycles. The minimum Gasteiger partial charge on any atom is -0.481 e. The van der Waals surface area contributed by atoms with Gasteiger partial charge in [-0.25, -0.2) is 0 Å². The molecule has 1 N–H and O–H groups in total. The Labute approximate surface area is 164 Å². The molecule has 0 saturated carbocycles. The van der Waals surface area contributed by atoms with Crippen LogP contribution in [0.5, 0.6) is 5.75 Å². The lowest BCUT2D eigenvalue weighted by Gasteiger charge is -2.22. The Bertz CT molecular complexity index is 770. The predicted octanol–water partition coefficient (Wildman–Crippen LogP) is 6.21. The van der Waals surface area contributed by atoms with Crippen LogP contribution < -0.4 is 10.1 Å². The summed E-state index contributed by atoms with van der Waals surface area (Å²) in [6.07, 6.45) is 0.0838. The second-order valence-electron chi connectivity index (χ2n) is 8.47. The van der Waals surface area contributed by atoms with Crippen LogP contribution in [0.15, 0.2) is 42.5 Å². The third kappa shape index (κ3) is 5.35. The molecule has 0 heterocycles. The highest BCUT2D eigenvalue weighted by atomic mass is 16.5. The third-order valence-electron chi connectivity index (χ3n) is 4.84. The summed E-state index contributed by atoms with van der Waals surface area (Å²) >= 11 is 0. The van der Waals surface area contributed by atoms with Gasteiger partial charge in [-0.05, 0) is 53.5 Å². The molecule has 2 aromatic carbocycles. The van der Waals surface area contributed by atoms with Gasteiger partial charge in [-0.15, -0.1) is 0 Å². The quantitative estimate of drug-likeness (QED) is 0.659. The predicted molar refractivity (Wildman–Crippen MR) is 114 cm³/mol. The number of para-hydroxylation sites is 1. The highest BCUT2D eigenvalue weighted by molar-refractivity contribution is 5.95. The van der Waals surface area contributed by atoms with Crippen molar-refractivity contribution >= 4 is 11.6 Å². The Hall–Kier alpha value is -2.29. The molecule has 27 heavy (non-hydrogen) atoms. The average Bonchev–Trinajstić information content (AvgIpc) is 2.60. The molecular weight excluding hydrogens is 334 g/mol. The van der Waals surface area contributed by atoms with E-state index in [0.717, 1.165) is 22.6 Å². The van der Waals surface area contributed by atoms with Gasteiger partial charge in [0.25, 0.3) is 5.91 Å². The van der Waals surface area contributed by atoms with E-state index in [-0.39, 0.29) is 11.3 Å². The number of hydrogen-bond acceptors (Lipinski definition) is 2. The van der Waals surface area contributed by atoms with E-state index in [1.807, 2.05) is 38.1 Å². The Morgan fingerprint density at radius 2 is 1.70 bits per heavy atom. The summed E-state index contributed by atoms with van der Waals surface area (Å²) in [5, 5.41) is 3.10. The first-order valence-electron chi connectivity index (χ1n) is 9.81. The molecule has 1 atom stereocenters. The van der Waals surface area contributed by atoms with Crippen LogP contribution in [0.3, 0.4) is 0 Å². The first-order valence-corrected chi connectivity index (χ1v) is 9.81. The van der Waals surface area contributed by atoms with Crippen molar-refractivity contribution in [3.8, 4) is 5.75 Å². The molecule has 3 heteroatoms. The zero-order chi connectivity index (χ0) is 20.2. The molecular formula is C24H33NO2. The van der Waals surface area contributed by atoms with Crippen molar-refractivity contribution in [1.82, 2.24) is 0 Å². The fourth-order valence-corrected chi connectivity index (χ4v) is 3.07. The van der Waals surface area contributed by atoms with Gasteiger partial charge in [-0.3, -0.25) is 4.79 Å². The number of carbonyl (C=O) groups excluding carboxylic acids is 1. The number of benzene rings is 2. The number of aryl methyl sites for hydroxylation is 1. The van der Waals surface area contributed by atoms with E-state index in [9.17, 15) is 4.79 Å². The monoisotopic (exact) mass is 367 g/mol. The lowest BCUT2D eigenvalue weighted by Crippen LogP contribution is -2.33. The van der Waals surface area contributed by atoms with Crippen molar-refractivity contribution in [3.05, 3.63) is 59.2 Å². The van der Waals surface area contributed by atoms with Crippen LogP contribution in [-0.4, -0.2) is 12.0 Å². The first kappa shape index (κ1) is 21.0. The van der Waals surface area contributed by atoms with Gasteiger partial charge >= 0.3 is 0 Å². The summed E-state index contributed by atoms with van der Waals surface area (Å²) < 4.78 is 5.99. The SMILES string of the molecule is CC[C@@H](Oc1ccc(C(C)(C)C)cc1)C(=O)Nc1c(C)cccc1C(C)C. The van der Waals surface area contributed by atoms with E-state index in [1.54, 1.807) is 0 Å². The molecule has 0 fully saturated rings. The van der Waals surface area contributed by atoms with Gasteiger partial charge in [-0.1, -0.05) is 71.9 Å². The van der Waals surface area contributed by atoms with Crippen LogP contribution in [0.25, 0.3) is 0 Å². The normalized spacial score (nSPS) is 12.7.